The molecule has 1 nitrogen and oxygen atoms in total. The molecule has 0 saturated heterocycles. The number of alkyl halides is 3. The van der Waals surface area contributed by atoms with Crippen molar-refractivity contribution in [3.05, 3.63) is 33.3 Å². The molecule has 1 aromatic carbocycles. The van der Waals surface area contributed by atoms with E-state index >= 15 is 0 Å². The lowest BCUT2D eigenvalue weighted by Crippen LogP contribution is -2.09. The number of nitrogens with two attached hydrogens (primary N) is 1. The van der Waals surface area contributed by atoms with E-state index in [9.17, 15) is 13.2 Å². The first-order valence-corrected chi connectivity index (χ1v) is 4.72. The van der Waals surface area contributed by atoms with Gasteiger partial charge in [-0.15, -0.1) is 0 Å². The summed E-state index contributed by atoms with van der Waals surface area (Å²) in [6, 6.07) is 2.52. The van der Waals surface area contributed by atoms with Gasteiger partial charge < -0.3 is 5.73 Å². The van der Waals surface area contributed by atoms with Gasteiger partial charge in [0.05, 0.1) is 5.56 Å². The van der Waals surface area contributed by atoms with Crippen LogP contribution in [0.2, 0.25) is 0 Å². The van der Waals surface area contributed by atoms with E-state index in [-0.39, 0.29) is 12.1 Å². The quantitative estimate of drug-likeness (QED) is 0.831. The van der Waals surface area contributed by atoms with Gasteiger partial charge in [-0.25, -0.2) is 0 Å². The standard InChI is InChI=1S/C9H9BrF3N/c1-5-2-8(10)6(4-14)3-7(5)9(11,12)13/h2-3H,4,14H2,1H3. The first kappa shape index (κ1) is 11.5. The van der Waals surface area contributed by atoms with Crippen molar-refractivity contribution in [1.82, 2.24) is 0 Å². The second-order valence-electron chi connectivity index (χ2n) is 2.96. The number of halogens is 4. The zero-order valence-corrected chi connectivity index (χ0v) is 9.04. The molecule has 0 saturated carbocycles. The van der Waals surface area contributed by atoms with E-state index in [4.69, 9.17) is 5.73 Å². The van der Waals surface area contributed by atoms with Gasteiger partial charge in [-0.1, -0.05) is 15.9 Å². The summed E-state index contributed by atoms with van der Waals surface area (Å²) in [5.41, 5.74) is 5.35. The van der Waals surface area contributed by atoms with Crippen LogP contribution in [0.5, 0.6) is 0 Å². The second-order valence-corrected chi connectivity index (χ2v) is 3.81. The lowest BCUT2D eigenvalue weighted by atomic mass is 10.0. The van der Waals surface area contributed by atoms with Gasteiger partial charge >= 0.3 is 6.18 Å². The van der Waals surface area contributed by atoms with Crippen LogP contribution >= 0.6 is 15.9 Å². The molecular weight excluding hydrogens is 259 g/mol. The molecule has 0 unspecified atom stereocenters. The van der Waals surface area contributed by atoms with Crippen LogP contribution in [0.4, 0.5) is 13.2 Å². The molecule has 0 aliphatic heterocycles. The molecule has 2 N–H and O–H groups in total. The van der Waals surface area contributed by atoms with Crippen molar-refractivity contribution in [1.29, 1.82) is 0 Å². The average molecular weight is 268 g/mol. The fourth-order valence-electron chi connectivity index (χ4n) is 1.18. The Morgan fingerprint density at radius 3 is 2.36 bits per heavy atom. The van der Waals surface area contributed by atoms with Gasteiger partial charge in [-0.3, -0.25) is 0 Å². The third kappa shape index (κ3) is 2.27. The molecule has 0 atom stereocenters. The van der Waals surface area contributed by atoms with Crippen molar-refractivity contribution in [3.63, 3.8) is 0 Å². The van der Waals surface area contributed by atoms with Crippen molar-refractivity contribution < 1.29 is 13.2 Å². The van der Waals surface area contributed by atoms with Crippen molar-refractivity contribution in [2.75, 3.05) is 0 Å². The Bertz CT molecular complexity index is 347. The van der Waals surface area contributed by atoms with Crippen LogP contribution in [-0.4, -0.2) is 0 Å². The maximum atomic E-state index is 12.4. The number of hydrogen-bond acceptors (Lipinski definition) is 1. The Hall–Kier alpha value is -0.550. The zero-order valence-electron chi connectivity index (χ0n) is 7.45. The van der Waals surface area contributed by atoms with Crippen LogP contribution < -0.4 is 5.73 Å². The summed E-state index contributed by atoms with van der Waals surface area (Å²) in [7, 11) is 0. The van der Waals surface area contributed by atoms with Crippen LogP contribution in [0.3, 0.4) is 0 Å². The molecule has 1 rings (SSSR count). The Balaban J connectivity index is 3.32. The van der Waals surface area contributed by atoms with Gasteiger partial charge in [0.15, 0.2) is 0 Å². The van der Waals surface area contributed by atoms with E-state index in [0.29, 0.717) is 10.0 Å². The summed E-state index contributed by atoms with van der Waals surface area (Å²) in [6.07, 6.45) is -4.31. The zero-order chi connectivity index (χ0) is 10.9. The van der Waals surface area contributed by atoms with Crippen molar-refractivity contribution in [2.45, 2.75) is 19.6 Å². The Morgan fingerprint density at radius 1 is 1.36 bits per heavy atom. The van der Waals surface area contributed by atoms with Crippen molar-refractivity contribution >= 4 is 15.9 Å². The summed E-state index contributed by atoms with van der Waals surface area (Å²) in [5.74, 6) is 0. The topological polar surface area (TPSA) is 26.0 Å². The Labute approximate surface area is 88.2 Å². The molecule has 0 bridgehead atoms. The molecule has 0 aliphatic carbocycles. The maximum absolute atomic E-state index is 12.4. The van der Waals surface area contributed by atoms with Crippen LogP contribution in [0.25, 0.3) is 0 Å². The van der Waals surface area contributed by atoms with Crippen LogP contribution in [0.15, 0.2) is 16.6 Å². The number of benzene rings is 1. The molecule has 0 spiro atoms. The van der Waals surface area contributed by atoms with E-state index in [1.54, 1.807) is 0 Å². The first-order valence-electron chi connectivity index (χ1n) is 3.92. The van der Waals surface area contributed by atoms with Gasteiger partial charge in [-0.05, 0) is 30.2 Å². The largest absolute Gasteiger partial charge is 0.416 e. The first-order chi connectivity index (χ1) is 6.36. The third-order valence-corrected chi connectivity index (χ3v) is 2.66. The fourth-order valence-corrected chi connectivity index (χ4v) is 1.80. The van der Waals surface area contributed by atoms with Crippen LogP contribution in [0.1, 0.15) is 16.7 Å². The van der Waals surface area contributed by atoms with Crippen LogP contribution in [0, 0.1) is 6.92 Å². The molecule has 0 heterocycles. The molecular formula is C9H9BrF3N. The molecule has 0 amide bonds. The minimum absolute atomic E-state index is 0.0872. The molecule has 78 valence electrons. The normalized spacial score (nSPS) is 11.9. The van der Waals surface area contributed by atoms with Crippen molar-refractivity contribution in [3.8, 4) is 0 Å². The SMILES string of the molecule is Cc1cc(Br)c(CN)cc1C(F)(F)F. The summed E-state index contributed by atoms with van der Waals surface area (Å²) in [6.45, 7) is 1.51. The third-order valence-electron chi connectivity index (χ3n) is 1.92. The summed E-state index contributed by atoms with van der Waals surface area (Å²) >= 11 is 3.16. The molecule has 1 aromatic rings. The molecule has 0 fully saturated rings. The van der Waals surface area contributed by atoms with Gasteiger partial charge in [-0.2, -0.15) is 13.2 Å². The monoisotopic (exact) mass is 267 g/mol. The smallest absolute Gasteiger partial charge is 0.326 e. The van der Waals surface area contributed by atoms with Crippen molar-refractivity contribution in [2.24, 2.45) is 5.73 Å². The van der Waals surface area contributed by atoms with Gasteiger partial charge in [0.1, 0.15) is 0 Å². The lowest BCUT2D eigenvalue weighted by molar-refractivity contribution is -0.138. The molecule has 5 heteroatoms. The summed E-state index contributed by atoms with van der Waals surface area (Å²) < 4.78 is 37.9. The van der Waals surface area contributed by atoms with E-state index in [1.807, 2.05) is 0 Å². The minimum Gasteiger partial charge on any atom is -0.326 e. The predicted molar refractivity (Wildman–Crippen MR) is 51.8 cm³/mol. The highest BCUT2D eigenvalue weighted by atomic mass is 79.9. The van der Waals surface area contributed by atoms with E-state index in [1.165, 1.54) is 13.0 Å². The summed E-state index contributed by atoms with van der Waals surface area (Å²) in [4.78, 5) is 0. The second kappa shape index (κ2) is 3.90. The molecule has 0 radical (unpaired) electrons. The van der Waals surface area contributed by atoms with Gasteiger partial charge in [0.2, 0.25) is 0 Å². The highest BCUT2D eigenvalue weighted by Crippen LogP contribution is 2.34. The van der Waals surface area contributed by atoms with Gasteiger partial charge in [0, 0.05) is 11.0 Å². The van der Waals surface area contributed by atoms with E-state index in [2.05, 4.69) is 15.9 Å². The average Bonchev–Trinajstić information content (AvgIpc) is 2.02. The lowest BCUT2D eigenvalue weighted by Gasteiger charge is -2.12. The maximum Gasteiger partial charge on any atom is 0.416 e. The highest BCUT2D eigenvalue weighted by molar-refractivity contribution is 9.10. The fraction of sp³-hybridized carbons (Fsp3) is 0.333. The molecule has 0 aliphatic rings. The van der Waals surface area contributed by atoms with E-state index in [0.717, 1.165) is 6.07 Å². The molecule has 0 aromatic heterocycles. The van der Waals surface area contributed by atoms with E-state index < -0.39 is 11.7 Å². The highest BCUT2D eigenvalue weighted by Gasteiger charge is 2.32. The number of hydrogen-bond donors (Lipinski definition) is 1. The Kier molecular flexibility index (Phi) is 3.21. The Morgan fingerprint density at radius 2 is 1.93 bits per heavy atom. The van der Waals surface area contributed by atoms with Gasteiger partial charge in [0.25, 0.3) is 0 Å². The number of rotatable bonds is 1. The molecule has 14 heavy (non-hydrogen) atoms. The number of aryl methyl sites for hydroxylation is 1. The minimum atomic E-state index is -4.31. The predicted octanol–water partition coefficient (Wildman–Crippen LogP) is 3.24. The summed E-state index contributed by atoms with van der Waals surface area (Å²) in [5, 5.41) is 0. The van der Waals surface area contributed by atoms with Crippen LogP contribution in [-0.2, 0) is 12.7 Å².